The van der Waals surface area contributed by atoms with Crippen LogP contribution in [0.25, 0.3) is 0 Å². The summed E-state index contributed by atoms with van der Waals surface area (Å²) in [5.74, 6) is -0.982. The van der Waals surface area contributed by atoms with Gasteiger partial charge < -0.3 is 10.0 Å². The molecule has 1 N–H and O–H groups in total. The van der Waals surface area contributed by atoms with E-state index in [9.17, 15) is 9.59 Å². The fraction of sp³-hybridized carbons (Fsp3) is 0.818. The van der Waals surface area contributed by atoms with Crippen molar-refractivity contribution in [2.75, 3.05) is 7.05 Å². The minimum Gasteiger partial charge on any atom is -0.481 e. The van der Waals surface area contributed by atoms with E-state index >= 15 is 0 Å². The molecule has 15 heavy (non-hydrogen) atoms. The van der Waals surface area contributed by atoms with Crippen LogP contribution >= 0.6 is 0 Å². The standard InChI is InChI=1S/C11H19NO3/c1-11(2,7-9(13)14)10(15)12(3)8-5-4-6-8/h8H,4-7H2,1-3H3,(H,13,14). The molecule has 1 amide bonds. The Labute approximate surface area is 90.3 Å². The van der Waals surface area contributed by atoms with E-state index in [-0.39, 0.29) is 12.3 Å². The summed E-state index contributed by atoms with van der Waals surface area (Å²) in [6.07, 6.45) is 3.15. The van der Waals surface area contributed by atoms with Crippen LogP contribution in [0.2, 0.25) is 0 Å². The van der Waals surface area contributed by atoms with Crippen LogP contribution in [0.5, 0.6) is 0 Å². The first-order valence-corrected chi connectivity index (χ1v) is 5.33. The lowest BCUT2D eigenvalue weighted by Gasteiger charge is -2.38. The molecule has 0 bridgehead atoms. The lowest BCUT2D eigenvalue weighted by molar-refractivity contribution is -0.150. The second-order valence-corrected chi connectivity index (χ2v) is 4.96. The maximum Gasteiger partial charge on any atom is 0.304 e. The van der Waals surface area contributed by atoms with E-state index in [0.717, 1.165) is 12.8 Å². The first-order valence-electron chi connectivity index (χ1n) is 5.33. The molecule has 0 unspecified atom stereocenters. The molecule has 0 aromatic rings. The van der Waals surface area contributed by atoms with Gasteiger partial charge in [-0.2, -0.15) is 0 Å². The van der Waals surface area contributed by atoms with Gasteiger partial charge in [0.1, 0.15) is 0 Å². The third-order valence-electron chi connectivity index (χ3n) is 3.11. The molecule has 4 nitrogen and oxygen atoms in total. The SMILES string of the molecule is CN(C(=O)C(C)(C)CC(=O)O)C1CCC1. The number of hydrogen-bond acceptors (Lipinski definition) is 2. The van der Waals surface area contributed by atoms with E-state index in [4.69, 9.17) is 5.11 Å². The smallest absolute Gasteiger partial charge is 0.304 e. The predicted molar refractivity (Wildman–Crippen MR) is 56.4 cm³/mol. The molecule has 1 saturated carbocycles. The van der Waals surface area contributed by atoms with Crippen molar-refractivity contribution < 1.29 is 14.7 Å². The van der Waals surface area contributed by atoms with Gasteiger partial charge in [-0.3, -0.25) is 9.59 Å². The van der Waals surface area contributed by atoms with Gasteiger partial charge in [0.05, 0.1) is 11.8 Å². The van der Waals surface area contributed by atoms with Gasteiger partial charge >= 0.3 is 5.97 Å². The van der Waals surface area contributed by atoms with Gasteiger partial charge in [0.25, 0.3) is 0 Å². The number of carboxylic acids is 1. The molecule has 1 rings (SSSR count). The Morgan fingerprint density at radius 1 is 1.40 bits per heavy atom. The molecule has 1 aliphatic carbocycles. The molecule has 0 spiro atoms. The van der Waals surface area contributed by atoms with Crippen molar-refractivity contribution in [3.8, 4) is 0 Å². The Morgan fingerprint density at radius 3 is 2.27 bits per heavy atom. The van der Waals surface area contributed by atoms with Crippen molar-refractivity contribution in [2.45, 2.75) is 45.6 Å². The number of carboxylic acid groups (broad SMARTS) is 1. The zero-order chi connectivity index (χ0) is 11.6. The lowest BCUT2D eigenvalue weighted by Crippen LogP contribution is -2.47. The number of rotatable bonds is 4. The van der Waals surface area contributed by atoms with Crippen molar-refractivity contribution in [2.24, 2.45) is 5.41 Å². The van der Waals surface area contributed by atoms with E-state index in [1.807, 2.05) is 0 Å². The van der Waals surface area contributed by atoms with Gasteiger partial charge in [0.2, 0.25) is 5.91 Å². The van der Waals surface area contributed by atoms with Crippen LogP contribution in [0, 0.1) is 5.41 Å². The molecule has 0 heterocycles. The summed E-state index contributed by atoms with van der Waals surface area (Å²) in [6, 6.07) is 0.325. The summed E-state index contributed by atoms with van der Waals surface area (Å²) in [6.45, 7) is 3.39. The number of carbonyl (C=O) groups excluding carboxylic acids is 1. The third-order valence-corrected chi connectivity index (χ3v) is 3.11. The molecular formula is C11H19NO3. The van der Waals surface area contributed by atoms with Gasteiger partial charge in [0, 0.05) is 13.1 Å². The van der Waals surface area contributed by atoms with Crippen molar-refractivity contribution in [3.63, 3.8) is 0 Å². The Morgan fingerprint density at radius 2 is 1.93 bits per heavy atom. The predicted octanol–water partition coefficient (Wildman–Crippen LogP) is 1.50. The van der Waals surface area contributed by atoms with E-state index < -0.39 is 11.4 Å². The minimum atomic E-state index is -0.921. The van der Waals surface area contributed by atoms with Crippen molar-refractivity contribution in [1.82, 2.24) is 4.90 Å². The fourth-order valence-corrected chi connectivity index (χ4v) is 1.87. The normalized spacial score (nSPS) is 17.0. The Kier molecular flexibility index (Phi) is 3.37. The molecule has 0 radical (unpaired) electrons. The van der Waals surface area contributed by atoms with Gasteiger partial charge in [-0.05, 0) is 19.3 Å². The molecule has 0 aliphatic heterocycles. The number of aliphatic carboxylic acids is 1. The van der Waals surface area contributed by atoms with Gasteiger partial charge in [-0.25, -0.2) is 0 Å². The van der Waals surface area contributed by atoms with Crippen LogP contribution in [0.1, 0.15) is 39.5 Å². The highest BCUT2D eigenvalue weighted by Gasteiger charge is 2.36. The summed E-state index contributed by atoms with van der Waals surface area (Å²) < 4.78 is 0. The molecule has 0 aromatic heterocycles. The minimum absolute atomic E-state index is 0.0606. The molecule has 0 saturated heterocycles. The topological polar surface area (TPSA) is 57.6 Å². The summed E-state index contributed by atoms with van der Waals surface area (Å²) in [5.41, 5.74) is -0.795. The highest BCUT2D eigenvalue weighted by Crippen LogP contribution is 2.29. The zero-order valence-corrected chi connectivity index (χ0v) is 9.62. The summed E-state index contributed by atoms with van der Waals surface area (Å²) in [4.78, 5) is 24.3. The third kappa shape index (κ3) is 2.70. The second-order valence-electron chi connectivity index (χ2n) is 4.96. The van der Waals surface area contributed by atoms with E-state index in [1.165, 1.54) is 6.42 Å². The molecule has 1 aliphatic rings. The Balaban J connectivity index is 2.60. The fourth-order valence-electron chi connectivity index (χ4n) is 1.87. The van der Waals surface area contributed by atoms with Gasteiger partial charge in [-0.15, -0.1) is 0 Å². The van der Waals surface area contributed by atoms with E-state index in [2.05, 4.69) is 0 Å². The van der Waals surface area contributed by atoms with Crippen LogP contribution in [0.3, 0.4) is 0 Å². The number of nitrogens with zero attached hydrogens (tertiary/aromatic N) is 1. The lowest BCUT2D eigenvalue weighted by atomic mass is 9.84. The quantitative estimate of drug-likeness (QED) is 0.769. The van der Waals surface area contributed by atoms with Crippen LogP contribution in [-0.2, 0) is 9.59 Å². The number of amides is 1. The largest absolute Gasteiger partial charge is 0.481 e. The van der Waals surface area contributed by atoms with Crippen LogP contribution in [-0.4, -0.2) is 35.0 Å². The van der Waals surface area contributed by atoms with Gasteiger partial charge in [-0.1, -0.05) is 13.8 Å². The van der Waals surface area contributed by atoms with Crippen molar-refractivity contribution in [3.05, 3.63) is 0 Å². The zero-order valence-electron chi connectivity index (χ0n) is 9.62. The first-order chi connectivity index (χ1) is 6.84. The Bertz CT molecular complexity index is 269. The molecule has 86 valence electrons. The van der Waals surface area contributed by atoms with E-state index in [1.54, 1.807) is 25.8 Å². The van der Waals surface area contributed by atoms with Crippen molar-refractivity contribution in [1.29, 1.82) is 0 Å². The van der Waals surface area contributed by atoms with E-state index in [0.29, 0.717) is 6.04 Å². The Hall–Kier alpha value is -1.06. The highest BCUT2D eigenvalue weighted by atomic mass is 16.4. The summed E-state index contributed by atoms with van der Waals surface area (Å²) >= 11 is 0. The number of carbonyl (C=O) groups is 2. The second kappa shape index (κ2) is 4.21. The average molecular weight is 213 g/mol. The van der Waals surface area contributed by atoms with Crippen LogP contribution in [0.15, 0.2) is 0 Å². The maximum atomic E-state index is 12.0. The van der Waals surface area contributed by atoms with Crippen LogP contribution < -0.4 is 0 Å². The highest BCUT2D eigenvalue weighted by molar-refractivity contribution is 5.86. The summed E-state index contributed by atoms with van der Waals surface area (Å²) in [5, 5.41) is 8.72. The summed E-state index contributed by atoms with van der Waals surface area (Å²) in [7, 11) is 1.77. The molecule has 1 fully saturated rings. The number of hydrogen-bond donors (Lipinski definition) is 1. The monoisotopic (exact) mass is 213 g/mol. The first kappa shape index (κ1) is 12.0. The maximum absolute atomic E-state index is 12.0. The molecule has 4 heteroatoms. The van der Waals surface area contributed by atoms with Gasteiger partial charge in [0.15, 0.2) is 0 Å². The molecule has 0 atom stereocenters. The molecular weight excluding hydrogens is 194 g/mol. The van der Waals surface area contributed by atoms with Crippen LogP contribution in [0.4, 0.5) is 0 Å². The average Bonchev–Trinajstić information content (AvgIpc) is 1.96. The molecule has 0 aromatic carbocycles. The van der Waals surface area contributed by atoms with Crippen molar-refractivity contribution >= 4 is 11.9 Å².